The van der Waals surface area contributed by atoms with Gasteiger partial charge >= 0.3 is 0 Å². The molecule has 1 unspecified atom stereocenters. The zero-order chi connectivity index (χ0) is 14.4. The lowest BCUT2D eigenvalue weighted by atomic mass is 10.1. The van der Waals surface area contributed by atoms with Gasteiger partial charge in [0.15, 0.2) is 0 Å². The van der Waals surface area contributed by atoms with Crippen molar-refractivity contribution in [3.8, 4) is 0 Å². The molecule has 0 aliphatic rings. The van der Waals surface area contributed by atoms with Crippen LogP contribution in [-0.2, 0) is 11.2 Å². The van der Waals surface area contributed by atoms with E-state index in [2.05, 4.69) is 10.3 Å². The molecule has 0 bridgehead atoms. The van der Waals surface area contributed by atoms with Gasteiger partial charge in [-0.3, -0.25) is 9.78 Å². The van der Waals surface area contributed by atoms with Gasteiger partial charge in [-0.2, -0.15) is 0 Å². The molecule has 2 aromatic rings. The van der Waals surface area contributed by atoms with Gasteiger partial charge in [0.25, 0.3) is 0 Å². The first-order chi connectivity index (χ1) is 9.65. The number of pyridine rings is 1. The highest BCUT2D eigenvalue weighted by Crippen LogP contribution is 2.11. The van der Waals surface area contributed by atoms with Gasteiger partial charge in [-0.1, -0.05) is 18.2 Å². The van der Waals surface area contributed by atoms with Crippen LogP contribution >= 0.6 is 0 Å². The summed E-state index contributed by atoms with van der Waals surface area (Å²) in [5.41, 5.74) is 1.93. The Balaban J connectivity index is 1.82. The molecule has 0 radical (unpaired) electrons. The second-order valence-electron chi connectivity index (χ2n) is 4.70. The lowest BCUT2D eigenvalue weighted by molar-refractivity contribution is -0.121. The number of nitrogens with one attached hydrogen (secondary N) is 1. The third-order valence-corrected chi connectivity index (χ3v) is 3.12. The van der Waals surface area contributed by atoms with Crippen molar-refractivity contribution in [1.82, 2.24) is 10.3 Å². The second kappa shape index (κ2) is 6.80. The van der Waals surface area contributed by atoms with Crippen molar-refractivity contribution < 1.29 is 9.18 Å². The Morgan fingerprint density at radius 2 is 2.05 bits per heavy atom. The Morgan fingerprint density at radius 3 is 2.70 bits per heavy atom. The van der Waals surface area contributed by atoms with E-state index < -0.39 is 0 Å². The number of halogens is 1. The Labute approximate surface area is 117 Å². The van der Waals surface area contributed by atoms with E-state index >= 15 is 0 Å². The summed E-state index contributed by atoms with van der Waals surface area (Å²) in [5, 5.41) is 2.92. The summed E-state index contributed by atoms with van der Waals surface area (Å²) in [7, 11) is 0. The molecule has 3 nitrogen and oxygen atoms in total. The van der Waals surface area contributed by atoms with Crippen molar-refractivity contribution in [3.63, 3.8) is 0 Å². The van der Waals surface area contributed by atoms with E-state index in [1.807, 2.05) is 19.1 Å². The summed E-state index contributed by atoms with van der Waals surface area (Å²) in [6, 6.07) is 9.93. The summed E-state index contributed by atoms with van der Waals surface area (Å²) in [6.45, 7) is 1.92. The van der Waals surface area contributed by atoms with Crippen LogP contribution in [0.1, 0.15) is 30.5 Å². The fourth-order valence-electron chi connectivity index (χ4n) is 1.94. The van der Waals surface area contributed by atoms with Gasteiger partial charge in [-0.05, 0) is 42.7 Å². The molecule has 0 fully saturated rings. The lowest BCUT2D eigenvalue weighted by Gasteiger charge is -2.13. The number of rotatable bonds is 5. The maximum atomic E-state index is 12.8. The number of benzene rings is 1. The monoisotopic (exact) mass is 272 g/mol. The molecule has 1 heterocycles. The number of aryl methyl sites for hydroxylation is 1. The molecule has 104 valence electrons. The Bertz CT molecular complexity index is 554. The van der Waals surface area contributed by atoms with Gasteiger partial charge in [-0.25, -0.2) is 4.39 Å². The summed E-state index contributed by atoms with van der Waals surface area (Å²) < 4.78 is 12.8. The number of aromatic nitrogens is 1. The van der Waals surface area contributed by atoms with Crippen molar-refractivity contribution in [2.45, 2.75) is 25.8 Å². The molecule has 0 spiro atoms. The number of amides is 1. The fourth-order valence-corrected chi connectivity index (χ4v) is 1.94. The highest BCUT2D eigenvalue weighted by atomic mass is 19.1. The van der Waals surface area contributed by atoms with E-state index in [4.69, 9.17) is 0 Å². The maximum absolute atomic E-state index is 12.8. The summed E-state index contributed by atoms with van der Waals surface area (Å²) in [6.07, 6.45) is 4.43. The third-order valence-electron chi connectivity index (χ3n) is 3.12. The Kier molecular flexibility index (Phi) is 4.82. The number of carbonyl (C=O) groups is 1. The first kappa shape index (κ1) is 14.2. The molecular weight excluding hydrogens is 255 g/mol. The fraction of sp³-hybridized carbons (Fsp3) is 0.250. The van der Waals surface area contributed by atoms with E-state index in [0.717, 1.165) is 11.1 Å². The number of carbonyl (C=O) groups excluding carboxylic acids is 1. The van der Waals surface area contributed by atoms with Crippen LogP contribution in [0.3, 0.4) is 0 Å². The average molecular weight is 272 g/mol. The number of nitrogens with zero attached hydrogens (tertiary/aromatic N) is 1. The van der Waals surface area contributed by atoms with Crippen LogP contribution in [0.15, 0.2) is 48.8 Å². The SMILES string of the molecule is CC(NC(=O)CCc1ccc(F)cc1)c1cccnc1. The quantitative estimate of drug-likeness (QED) is 0.909. The van der Waals surface area contributed by atoms with Gasteiger partial charge in [0.2, 0.25) is 5.91 Å². The van der Waals surface area contributed by atoms with E-state index in [0.29, 0.717) is 12.8 Å². The maximum Gasteiger partial charge on any atom is 0.220 e. The minimum atomic E-state index is -0.261. The number of hydrogen-bond donors (Lipinski definition) is 1. The van der Waals surface area contributed by atoms with Gasteiger partial charge in [0.05, 0.1) is 6.04 Å². The van der Waals surface area contributed by atoms with Crippen LogP contribution in [-0.4, -0.2) is 10.9 Å². The normalized spacial score (nSPS) is 11.9. The van der Waals surface area contributed by atoms with Crippen LogP contribution in [0.4, 0.5) is 4.39 Å². The smallest absolute Gasteiger partial charge is 0.220 e. The molecule has 1 N–H and O–H groups in total. The van der Waals surface area contributed by atoms with Gasteiger partial charge in [0.1, 0.15) is 5.82 Å². The molecule has 0 aliphatic carbocycles. The van der Waals surface area contributed by atoms with Gasteiger partial charge < -0.3 is 5.32 Å². The molecule has 1 amide bonds. The van der Waals surface area contributed by atoms with Gasteiger partial charge in [-0.15, -0.1) is 0 Å². The van der Waals surface area contributed by atoms with Crippen LogP contribution in [0.5, 0.6) is 0 Å². The first-order valence-electron chi connectivity index (χ1n) is 6.59. The molecule has 0 saturated carbocycles. The van der Waals surface area contributed by atoms with Crippen molar-refractivity contribution in [2.75, 3.05) is 0 Å². The standard InChI is InChI=1S/C16H17FN2O/c1-12(14-3-2-10-18-11-14)19-16(20)9-6-13-4-7-15(17)8-5-13/h2-5,7-8,10-12H,6,9H2,1H3,(H,19,20). The molecular formula is C16H17FN2O. The predicted molar refractivity (Wildman–Crippen MR) is 75.5 cm³/mol. The first-order valence-corrected chi connectivity index (χ1v) is 6.59. The summed E-state index contributed by atoms with van der Waals surface area (Å²) in [5.74, 6) is -0.283. The largest absolute Gasteiger partial charge is 0.350 e. The minimum Gasteiger partial charge on any atom is -0.350 e. The van der Waals surface area contributed by atoms with E-state index in [1.165, 1.54) is 12.1 Å². The highest BCUT2D eigenvalue weighted by molar-refractivity contribution is 5.76. The second-order valence-corrected chi connectivity index (χ2v) is 4.70. The van der Waals surface area contributed by atoms with Crippen molar-refractivity contribution in [3.05, 3.63) is 65.7 Å². The van der Waals surface area contributed by atoms with E-state index in [-0.39, 0.29) is 17.8 Å². The average Bonchev–Trinajstić information content (AvgIpc) is 2.47. The molecule has 1 atom stereocenters. The molecule has 20 heavy (non-hydrogen) atoms. The molecule has 0 aliphatic heterocycles. The van der Waals surface area contributed by atoms with Crippen molar-refractivity contribution in [2.24, 2.45) is 0 Å². The van der Waals surface area contributed by atoms with E-state index in [1.54, 1.807) is 24.5 Å². The Hall–Kier alpha value is -2.23. The van der Waals surface area contributed by atoms with Crippen LogP contribution in [0, 0.1) is 5.82 Å². The molecule has 1 aromatic heterocycles. The lowest BCUT2D eigenvalue weighted by Crippen LogP contribution is -2.26. The molecule has 2 rings (SSSR count). The predicted octanol–water partition coefficient (Wildman–Crippen LogP) is 3.03. The van der Waals surface area contributed by atoms with Crippen LogP contribution < -0.4 is 5.32 Å². The zero-order valence-corrected chi connectivity index (χ0v) is 11.3. The summed E-state index contributed by atoms with van der Waals surface area (Å²) in [4.78, 5) is 15.9. The van der Waals surface area contributed by atoms with Crippen molar-refractivity contribution in [1.29, 1.82) is 0 Å². The van der Waals surface area contributed by atoms with Gasteiger partial charge in [0, 0.05) is 18.8 Å². The highest BCUT2D eigenvalue weighted by Gasteiger charge is 2.09. The molecule has 4 heteroatoms. The third kappa shape index (κ3) is 4.16. The van der Waals surface area contributed by atoms with E-state index in [9.17, 15) is 9.18 Å². The summed E-state index contributed by atoms with van der Waals surface area (Å²) >= 11 is 0. The Morgan fingerprint density at radius 1 is 1.30 bits per heavy atom. The zero-order valence-electron chi connectivity index (χ0n) is 11.3. The molecule has 0 saturated heterocycles. The number of hydrogen-bond acceptors (Lipinski definition) is 2. The van der Waals surface area contributed by atoms with Crippen molar-refractivity contribution >= 4 is 5.91 Å². The molecule has 1 aromatic carbocycles. The minimum absolute atomic E-state index is 0.0225. The van der Waals surface area contributed by atoms with Crippen LogP contribution in [0.25, 0.3) is 0 Å². The van der Waals surface area contributed by atoms with Crippen LogP contribution in [0.2, 0.25) is 0 Å². The topological polar surface area (TPSA) is 42.0 Å².